The van der Waals surface area contributed by atoms with Crippen LogP contribution in [0.3, 0.4) is 0 Å². The van der Waals surface area contributed by atoms with Crippen molar-refractivity contribution in [2.45, 2.75) is 12.8 Å². The maximum atomic E-state index is 15.0. The van der Waals surface area contributed by atoms with E-state index in [0.29, 0.717) is 33.4 Å². The number of carbonyl (C=O) groups excluding carboxylic acids is 2. The fourth-order valence-electron chi connectivity index (χ4n) is 4.78. The van der Waals surface area contributed by atoms with Crippen LogP contribution in [-0.2, 0) is 11.8 Å². The Balaban J connectivity index is 1.67. The molecule has 8 nitrogen and oxygen atoms in total. The predicted octanol–water partition coefficient (Wildman–Crippen LogP) is 4.52. The van der Waals surface area contributed by atoms with Crippen LogP contribution in [-0.4, -0.2) is 44.3 Å². The average molecular weight is 503 g/mol. The van der Waals surface area contributed by atoms with Crippen molar-refractivity contribution < 1.29 is 18.4 Å². The van der Waals surface area contributed by atoms with Gasteiger partial charge in [0, 0.05) is 36.8 Å². The number of nitrogen functional groups attached to an aromatic ring is 1. The summed E-state index contributed by atoms with van der Waals surface area (Å²) in [7, 11) is 1.71. The number of amides is 2. The monoisotopic (exact) mass is 502 g/mol. The Morgan fingerprint density at radius 2 is 1.70 bits per heavy atom. The van der Waals surface area contributed by atoms with Crippen LogP contribution >= 0.6 is 0 Å². The Morgan fingerprint density at radius 3 is 2.32 bits per heavy atom. The zero-order chi connectivity index (χ0) is 26.3. The number of nitrogens with two attached hydrogens (primary N) is 1. The van der Waals surface area contributed by atoms with Gasteiger partial charge in [0.15, 0.2) is 0 Å². The SMILES string of the molecule is C=CC(=O)Nc1c(F)cc(-c2c(-c3ccc(C(=O)N4CCCC4)cc3)c3c(N)ncnc3n2C)cc1F. The molecule has 37 heavy (non-hydrogen) atoms. The summed E-state index contributed by atoms with van der Waals surface area (Å²) >= 11 is 0. The van der Waals surface area contributed by atoms with Crippen LogP contribution in [0.4, 0.5) is 20.3 Å². The van der Waals surface area contributed by atoms with Crippen molar-refractivity contribution in [2.24, 2.45) is 7.05 Å². The lowest BCUT2D eigenvalue weighted by molar-refractivity contribution is -0.111. The number of anilines is 2. The van der Waals surface area contributed by atoms with Crippen molar-refractivity contribution in [3.8, 4) is 22.4 Å². The third-order valence-electron chi connectivity index (χ3n) is 6.56. The lowest BCUT2D eigenvalue weighted by Gasteiger charge is -2.16. The Kier molecular flexibility index (Phi) is 6.16. The number of aryl methyl sites for hydroxylation is 1. The molecule has 1 saturated heterocycles. The van der Waals surface area contributed by atoms with Crippen LogP contribution in [0.1, 0.15) is 23.2 Å². The molecule has 10 heteroatoms. The van der Waals surface area contributed by atoms with E-state index in [1.807, 2.05) is 4.90 Å². The highest BCUT2D eigenvalue weighted by Gasteiger charge is 2.25. The zero-order valence-electron chi connectivity index (χ0n) is 20.1. The van der Waals surface area contributed by atoms with Crippen LogP contribution in [0.5, 0.6) is 0 Å². The second kappa shape index (κ2) is 9.45. The van der Waals surface area contributed by atoms with E-state index >= 15 is 0 Å². The van der Waals surface area contributed by atoms with Crippen molar-refractivity contribution in [3.05, 3.63) is 72.6 Å². The highest BCUT2D eigenvalue weighted by molar-refractivity contribution is 6.08. The molecule has 4 aromatic rings. The summed E-state index contributed by atoms with van der Waals surface area (Å²) in [6.07, 6.45) is 4.23. The summed E-state index contributed by atoms with van der Waals surface area (Å²) in [5.74, 6) is -2.47. The normalized spacial score (nSPS) is 13.2. The molecule has 0 spiro atoms. The van der Waals surface area contributed by atoms with Crippen LogP contribution in [0.2, 0.25) is 0 Å². The van der Waals surface area contributed by atoms with Gasteiger partial charge in [-0.25, -0.2) is 18.7 Å². The lowest BCUT2D eigenvalue weighted by atomic mass is 9.97. The molecule has 3 heterocycles. The number of halogens is 2. The van der Waals surface area contributed by atoms with Crippen molar-refractivity contribution in [1.29, 1.82) is 0 Å². The van der Waals surface area contributed by atoms with Gasteiger partial charge in [-0.3, -0.25) is 9.59 Å². The standard InChI is InChI=1S/C27H24F2N6O2/c1-3-20(36)33-23-18(28)12-17(13-19(23)29)24-21(22-25(30)31-14-32-26(22)34(24)2)15-6-8-16(9-7-15)27(37)35-10-4-5-11-35/h3,6-9,12-14H,1,4-5,10-11H2,2H3,(H,33,36)(H2,30,31,32). The van der Waals surface area contributed by atoms with Crippen LogP contribution in [0.15, 0.2) is 55.4 Å². The summed E-state index contributed by atoms with van der Waals surface area (Å²) in [4.78, 5) is 34.7. The summed E-state index contributed by atoms with van der Waals surface area (Å²) < 4.78 is 31.7. The molecule has 0 bridgehead atoms. The van der Waals surface area contributed by atoms with Crippen LogP contribution in [0, 0.1) is 11.6 Å². The Morgan fingerprint density at radius 1 is 1.05 bits per heavy atom. The summed E-state index contributed by atoms with van der Waals surface area (Å²) in [5.41, 5.74) is 8.58. The Bertz CT molecular complexity index is 1530. The Hall–Kier alpha value is -4.60. The predicted molar refractivity (Wildman–Crippen MR) is 138 cm³/mol. The average Bonchev–Trinajstić information content (AvgIpc) is 3.53. The number of hydrogen-bond acceptors (Lipinski definition) is 5. The highest BCUT2D eigenvalue weighted by Crippen LogP contribution is 2.42. The molecule has 188 valence electrons. The number of carbonyl (C=O) groups is 2. The zero-order valence-corrected chi connectivity index (χ0v) is 20.1. The highest BCUT2D eigenvalue weighted by atomic mass is 19.1. The second-order valence-electron chi connectivity index (χ2n) is 8.83. The van der Waals surface area contributed by atoms with Crippen LogP contribution < -0.4 is 11.1 Å². The molecule has 1 aliphatic rings. The van der Waals surface area contributed by atoms with Gasteiger partial charge in [-0.1, -0.05) is 18.7 Å². The molecule has 5 rings (SSSR count). The van der Waals surface area contributed by atoms with E-state index in [1.54, 1.807) is 35.9 Å². The first kappa shape index (κ1) is 24.1. The minimum atomic E-state index is -0.952. The minimum Gasteiger partial charge on any atom is -0.383 e. The maximum absolute atomic E-state index is 15.0. The maximum Gasteiger partial charge on any atom is 0.253 e. The molecule has 0 atom stereocenters. The van der Waals surface area contributed by atoms with Crippen molar-refractivity contribution in [2.75, 3.05) is 24.1 Å². The Labute approximate surface area is 211 Å². The van der Waals surface area contributed by atoms with Gasteiger partial charge < -0.3 is 20.5 Å². The van der Waals surface area contributed by atoms with Crippen molar-refractivity contribution in [1.82, 2.24) is 19.4 Å². The van der Waals surface area contributed by atoms with E-state index in [1.165, 1.54) is 6.33 Å². The van der Waals surface area contributed by atoms with Gasteiger partial charge in [0.05, 0.1) is 11.1 Å². The van der Waals surface area contributed by atoms with Gasteiger partial charge >= 0.3 is 0 Å². The lowest BCUT2D eigenvalue weighted by Crippen LogP contribution is -2.27. The molecule has 0 radical (unpaired) electrons. The van der Waals surface area contributed by atoms with E-state index in [9.17, 15) is 18.4 Å². The van der Waals surface area contributed by atoms with E-state index in [2.05, 4.69) is 21.9 Å². The summed E-state index contributed by atoms with van der Waals surface area (Å²) in [6, 6.07) is 9.28. The van der Waals surface area contributed by atoms with Gasteiger partial charge in [-0.15, -0.1) is 0 Å². The minimum absolute atomic E-state index is 0.0358. The second-order valence-corrected chi connectivity index (χ2v) is 8.83. The molecule has 3 N–H and O–H groups in total. The first-order chi connectivity index (χ1) is 17.8. The fraction of sp³-hybridized carbons (Fsp3) is 0.185. The van der Waals surface area contributed by atoms with E-state index in [-0.39, 0.29) is 17.3 Å². The molecule has 2 aromatic heterocycles. The molecule has 0 saturated carbocycles. The molecule has 0 aliphatic carbocycles. The van der Waals surface area contributed by atoms with E-state index in [0.717, 1.165) is 44.1 Å². The third-order valence-corrected chi connectivity index (χ3v) is 6.56. The largest absolute Gasteiger partial charge is 0.383 e. The number of benzene rings is 2. The smallest absolute Gasteiger partial charge is 0.253 e. The quantitative estimate of drug-likeness (QED) is 0.390. The first-order valence-corrected chi connectivity index (χ1v) is 11.7. The molecule has 1 aliphatic heterocycles. The molecular formula is C27H24F2N6O2. The summed E-state index contributed by atoms with van der Waals surface area (Å²) in [5, 5.41) is 2.67. The van der Waals surface area contributed by atoms with Gasteiger partial charge in [0.25, 0.3) is 5.91 Å². The molecule has 1 fully saturated rings. The molecular weight excluding hydrogens is 478 g/mol. The first-order valence-electron chi connectivity index (χ1n) is 11.7. The fourth-order valence-corrected chi connectivity index (χ4v) is 4.78. The molecule has 2 aromatic carbocycles. The topological polar surface area (TPSA) is 106 Å². The van der Waals surface area contributed by atoms with Gasteiger partial charge in [0.1, 0.15) is 35.1 Å². The molecule has 0 unspecified atom stereocenters. The van der Waals surface area contributed by atoms with Crippen LogP contribution in [0.25, 0.3) is 33.4 Å². The molecule has 2 amide bonds. The van der Waals surface area contributed by atoms with Gasteiger partial charge in [-0.05, 0) is 48.7 Å². The van der Waals surface area contributed by atoms with E-state index < -0.39 is 23.2 Å². The summed E-state index contributed by atoms with van der Waals surface area (Å²) in [6.45, 7) is 4.78. The number of fused-ring (bicyclic) bond motifs is 1. The van der Waals surface area contributed by atoms with Gasteiger partial charge in [-0.2, -0.15) is 0 Å². The van der Waals surface area contributed by atoms with E-state index in [4.69, 9.17) is 5.73 Å². The van der Waals surface area contributed by atoms with Crippen molar-refractivity contribution >= 4 is 34.4 Å². The van der Waals surface area contributed by atoms with Gasteiger partial charge in [0.2, 0.25) is 5.91 Å². The van der Waals surface area contributed by atoms with Crippen molar-refractivity contribution in [3.63, 3.8) is 0 Å². The number of rotatable bonds is 5. The number of nitrogens with one attached hydrogen (secondary N) is 1. The number of aromatic nitrogens is 3. The third kappa shape index (κ3) is 4.20. The number of nitrogens with zero attached hydrogens (tertiary/aromatic N) is 4. The number of hydrogen-bond donors (Lipinski definition) is 2. The number of likely N-dealkylation sites (tertiary alicyclic amines) is 1.